The van der Waals surface area contributed by atoms with Crippen molar-refractivity contribution >= 4 is 44.1 Å². The summed E-state index contributed by atoms with van der Waals surface area (Å²) in [7, 11) is 1.58. The number of anilines is 1. The normalized spacial score (nSPS) is 17.7. The minimum Gasteiger partial charge on any atom is -0.507 e. The SMILES string of the molecule is CCCCOc1cccc([C@@H]2/C(=C(\O)c3ccc4c(c3)OCCO4)C(=O)C(=O)N2c2nc3ccc(OC)cc3s2)c1. The van der Waals surface area contributed by atoms with E-state index in [1.165, 1.54) is 16.2 Å². The highest BCUT2D eigenvalue weighted by Crippen LogP contribution is 2.46. The van der Waals surface area contributed by atoms with Gasteiger partial charge in [0.15, 0.2) is 16.6 Å². The summed E-state index contributed by atoms with van der Waals surface area (Å²) >= 11 is 1.27. The zero-order chi connectivity index (χ0) is 28.5. The van der Waals surface area contributed by atoms with Crippen molar-refractivity contribution in [3.63, 3.8) is 0 Å². The molecule has 1 aromatic heterocycles. The van der Waals surface area contributed by atoms with E-state index in [1.807, 2.05) is 24.3 Å². The monoisotopic (exact) mass is 572 g/mol. The fourth-order valence-electron chi connectivity index (χ4n) is 4.92. The molecule has 0 aliphatic carbocycles. The Balaban J connectivity index is 1.50. The van der Waals surface area contributed by atoms with Crippen molar-refractivity contribution in [3.05, 3.63) is 77.4 Å². The van der Waals surface area contributed by atoms with Gasteiger partial charge in [-0.3, -0.25) is 14.5 Å². The second-order valence-corrected chi connectivity index (χ2v) is 10.6. The molecule has 2 aliphatic rings. The van der Waals surface area contributed by atoms with Crippen LogP contribution in [0.1, 0.15) is 36.9 Å². The predicted octanol–water partition coefficient (Wildman–Crippen LogP) is 5.88. The van der Waals surface area contributed by atoms with Gasteiger partial charge in [-0.05, 0) is 60.5 Å². The highest BCUT2D eigenvalue weighted by molar-refractivity contribution is 7.22. The van der Waals surface area contributed by atoms with E-state index in [9.17, 15) is 14.7 Å². The van der Waals surface area contributed by atoms with Crippen LogP contribution in [0.5, 0.6) is 23.0 Å². The number of ether oxygens (including phenoxy) is 4. The van der Waals surface area contributed by atoms with Crippen molar-refractivity contribution in [2.75, 3.05) is 31.8 Å². The Labute approximate surface area is 240 Å². The first-order valence-electron chi connectivity index (χ1n) is 13.4. The van der Waals surface area contributed by atoms with E-state index >= 15 is 0 Å². The maximum Gasteiger partial charge on any atom is 0.301 e. The van der Waals surface area contributed by atoms with E-state index in [0.29, 0.717) is 64.6 Å². The Morgan fingerprint density at radius 1 is 1.05 bits per heavy atom. The molecule has 2 aliphatic heterocycles. The van der Waals surface area contributed by atoms with Gasteiger partial charge in [0.1, 0.15) is 30.5 Å². The lowest BCUT2D eigenvalue weighted by molar-refractivity contribution is -0.132. The van der Waals surface area contributed by atoms with E-state index in [4.69, 9.17) is 18.9 Å². The molecule has 1 atom stereocenters. The topological polar surface area (TPSA) is 107 Å². The Hall–Kier alpha value is -4.57. The fraction of sp³-hybridized carbons (Fsp3) is 0.258. The smallest absolute Gasteiger partial charge is 0.301 e. The number of aliphatic hydroxyl groups excluding tert-OH is 1. The van der Waals surface area contributed by atoms with Crippen molar-refractivity contribution in [1.29, 1.82) is 0 Å². The Morgan fingerprint density at radius 3 is 2.68 bits per heavy atom. The molecular formula is C31H28N2O7S. The van der Waals surface area contributed by atoms with Crippen LogP contribution < -0.4 is 23.8 Å². The maximum absolute atomic E-state index is 13.7. The summed E-state index contributed by atoms with van der Waals surface area (Å²) < 4.78 is 23.4. The molecule has 4 aromatic rings. The Kier molecular flexibility index (Phi) is 7.23. The van der Waals surface area contributed by atoms with Crippen LogP contribution in [0.3, 0.4) is 0 Å². The number of methoxy groups -OCH3 is 1. The number of nitrogens with zero attached hydrogens (tertiary/aromatic N) is 2. The molecule has 3 aromatic carbocycles. The molecule has 1 amide bonds. The standard InChI is InChI=1S/C31H28N2O7S/c1-3-4-12-38-21-7-5-6-18(15-21)27-26(28(34)19-8-11-23-24(16-19)40-14-13-39-23)29(35)30(36)33(27)31-32-22-10-9-20(37-2)17-25(22)41-31/h5-11,15-17,27,34H,3-4,12-14H2,1-2H3/b28-26+/t27-/m1/s1. The van der Waals surface area contributed by atoms with Gasteiger partial charge in [0, 0.05) is 5.56 Å². The zero-order valence-electron chi connectivity index (χ0n) is 22.6. The van der Waals surface area contributed by atoms with Gasteiger partial charge in [-0.25, -0.2) is 4.98 Å². The third-order valence-corrected chi connectivity index (χ3v) is 8.01. The molecule has 0 saturated carbocycles. The van der Waals surface area contributed by atoms with Gasteiger partial charge < -0.3 is 24.1 Å². The van der Waals surface area contributed by atoms with Gasteiger partial charge in [0.05, 0.1) is 35.5 Å². The number of carbonyl (C=O) groups is 2. The number of thiazole rings is 1. The van der Waals surface area contributed by atoms with Crippen LogP contribution in [-0.4, -0.2) is 48.7 Å². The molecule has 41 heavy (non-hydrogen) atoms. The summed E-state index contributed by atoms with van der Waals surface area (Å²) in [5, 5.41) is 11.9. The van der Waals surface area contributed by atoms with E-state index in [0.717, 1.165) is 17.5 Å². The van der Waals surface area contributed by atoms with E-state index < -0.39 is 17.7 Å². The van der Waals surface area contributed by atoms with Crippen LogP contribution in [0.4, 0.5) is 5.13 Å². The van der Waals surface area contributed by atoms with E-state index in [2.05, 4.69) is 11.9 Å². The number of Topliss-reactive ketones (excluding diaryl/α,β-unsaturated/α-hetero) is 1. The van der Waals surface area contributed by atoms with Gasteiger partial charge in [-0.15, -0.1) is 0 Å². The first-order valence-corrected chi connectivity index (χ1v) is 14.2. The summed E-state index contributed by atoms with van der Waals surface area (Å²) in [5.41, 5.74) is 1.56. The molecule has 0 unspecified atom stereocenters. The summed E-state index contributed by atoms with van der Waals surface area (Å²) in [6, 6.07) is 16.7. The second-order valence-electron chi connectivity index (χ2n) is 9.63. The molecule has 1 saturated heterocycles. The first-order chi connectivity index (χ1) is 20.0. The number of carbonyl (C=O) groups excluding carboxylic acids is 2. The van der Waals surface area contributed by atoms with Crippen molar-refractivity contribution < 1.29 is 33.6 Å². The van der Waals surface area contributed by atoms with Crippen LogP contribution in [0.2, 0.25) is 0 Å². The highest BCUT2D eigenvalue weighted by atomic mass is 32.1. The number of rotatable bonds is 8. The second kappa shape index (κ2) is 11.1. The molecule has 1 N–H and O–H groups in total. The average molecular weight is 573 g/mol. The first kappa shape index (κ1) is 26.6. The van der Waals surface area contributed by atoms with Gasteiger partial charge in [-0.2, -0.15) is 0 Å². The minimum absolute atomic E-state index is 0.0470. The summed E-state index contributed by atoms with van der Waals surface area (Å²) in [6.07, 6.45) is 1.87. The average Bonchev–Trinajstić information content (AvgIpc) is 3.54. The van der Waals surface area contributed by atoms with Gasteiger partial charge in [0.25, 0.3) is 5.78 Å². The van der Waals surface area contributed by atoms with Crippen LogP contribution in [0.25, 0.3) is 16.0 Å². The highest BCUT2D eigenvalue weighted by Gasteiger charge is 2.48. The quantitative estimate of drug-likeness (QED) is 0.121. The summed E-state index contributed by atoms with van der Waals surface area (Å²) in [5.74, 6) is 0.364. The van der Waals surface area contributed by atoms with Crippen LogP contribution in [0, 0.1) is 0 Å². The lowest BCUT2D eigenvalue weighted by Gasteiger charge is -2.24. The molecule has 6 rings (SSSR count). The maximum atomic E-state index is 13.7. The number of aromatic nitrogens is 1. The Bertz CT molecular complexity index is 1680. The molecule has 0 bridgehead atoms. The van der Waals surface area contributed by atoms with Crippen LogP contribution in [-0.2, 0) is 9.59 Å². The fourth-order valence-corrected chi connectivity index (χ4v) is 5.94. The van der Waals surface area contributed by atoms with E-state index in [1.54, 1.807) is 43.5 Å². The van der Waals surface area contributed by atoms with E-state index in [-0.39, 0.29) is 11.3 Å². The van der Waals surface area contributed by atoms with Crippen molar-refractivity contribution in [2.24, 2.45) is 0 Å². The number of benzene rings is 3. The molecule has 0 radical (unpaired) electrons. The molecule has 210 valence electrons. The van der Waals surface area contributed by atoms with Crippen molar-refractivity contribution in [2.45, 2.75) is 25.8 Å². The van der Waals surface area contributed by atoms with Crippen molar-refractivity contribution in [3.8, 4) is 23.0 Å². The number of fused-ring (bicyclic) bond motifs is 2. The molecule has 9 nitrogen and oxygen atoms in total. The predicted molar refractivity (Wildman–Crippen MR) is 155 cm³/mol. The number of unbranched alkanes of at least 4 members (excludes halogenated alkanes) is 1. The zero-order valence-corrected chi connectivity index (χ0v) is 23.4. The van der Waals surface area contributed by atoms with Gasteiger partial charge in [-0.1, -0.05) is 36.8 Å². The summed E-state index contributed by atoms with van der Waals surface area (Å²) in [4.78, 5) is 33.3. The molecule has 0 spiro atoms. The number of ketones is 1. The van der Waals surface area contributed by atoms with Gasteiger partial charge >= 0.3 is 5.91 Å². The lowest BCUT2D eigenvalue weighted by Crippen LogP contribution is -2.29. The summed E-state index contributed by atoms with van der Waals surface area (Å²) in [6.45, 7) is 3.42. The molecular weight excluding hydrogens is 544 g/mol. The number of hydrogen-bond donors (Lipinski definition) is 1. The minimum atomic E-state index is -0.944. The Morgan fingerprint density at radius 2 is 1.88 bits per heavy atom. The molecule has 10 heteroatoms. The molecule has 1 fully saturated rings. The van der Waals surface area contributed by atoms with Crippen molar-refractivity contribution in [1.82, 2.24) is 4.98 Å². The number of aliphatic hydroxyl groups is 1. The third kappa shape index (κ3) is 4.95. The van der Waals surface area contributed by atoms with Crippen LogP contribution >= 0.6 is 11.3 Å². The lowest BCUT2D eigenvalue weighted by atomic mass is 9.95. The molecule has 3 heterocycles. The number of amides is 1. The largest absolute Gasteiger partial charge is 0.507 e. The number of hydrogen-bond acceptors (Lipinski definition) is 9. The van der Waals surface area contributed by atoms with Crippen LogP contribution in [0.15, 0.2) is 66.2 Å². The third-order valence-electron chi connectivity index (χ3n) is 6.99. The van der Waals surface area contributed by atoms with Gasteiger partial charge in [0.2, 0.25) is 0 Å².